The molecule has 0 heterocycles. The summed E-state index contributed by atoms with van der Waals surface area (Å²) >= 11 is 0. The molecule has 2 aromatic rings. The summed E-state index contributed by atoms with van der Waals surface area (Å²) in [7, 11) is 0. The number of nitrogens with one attached hydrogen (secondary N) is 1. The average Bonchev–Trinajstić information content (AvgIpc) is 2.50. The summed E-state index contributed by atoms with van der Waals surface area (Å²) in [6, 6.07) is 17.5. The lowest BCUT2D eigenvalue weighted by Crippen LogP contribution is -2.39. The highest BCUT2D eigenvalue weighted by Crippen LogP contribution is 2.06. The third-order valence-corrected chi connectivity index (χ3v) is 3.40. The van der Waals surface area contributed by atoms with Crippen LogP contribution in [-0.2, 0) is 17.6 Å². The van der Waals surface area contributed by atoms with E-state index in [2.05, 4.69) is 5.32 Å². The van der Waals surface area contributed by atoms with E-state index in [1.165, 1.54) is 5.56 Å². The van der Waals surface area contributed by atoms with E-state index in [1.54, 1.807) is 0 Å². The Morgan fingerprint density at radius 3 is 2.33 bits per heavy atom. The highest BCUT2D eigenvalue weighted by atomic mass is 16.3. The molecule has 0 bridgehead atoms. The summed E-state index contributed by atoms with van der Waals surface area (Å²) in [5.41, 5.74) is 3.26. The maximum absolute atomic E-state index is 12.0. The first kappa shape index (κ1) is 15.3. The predicted octanol–water partition coefficient (Wildman–Crippen LogP) is 2.26. The normalized spacial score (nSPS) is 11.9. The van der Waals surface area contributed by atoms with Gasteiger partial charge in [-0.1, -0.05) is 60.2 Å². The number of aliphatic hydroxyl groups excluding tert-OH is 1. The Labute approximate surface area is 125 Å². The van der Waals surface area contributed by atoms with Gasteiger partial charge in [0.25, 0.3) is 0 Å². The lowest BCUT2D eigenvalue weighted by Gasteiger charge is -2.16. The third kappa shape index (κ3) is 5.04. The molecule has 2 rings (SSSR count). The van der Waals surface area contributed by atoms with Gasteiger partial charge in [-0.25, -0.2) is 0 Å². The highest BCUT2D eigenvalue weighted by molar-refractivity contribution is 5.78. The first-order valence-electron chi connectivity index (χ1n) is 7.17. The standard InChI is InChI=1S/C18H21NO2/c1-14-7-9-16(10-8-14)12-18(21)19-17(13-20)11-15-5-3-2-4-6-15/h2-10,17,20H,11-13H2,1H3,(H,19,21)/t17-/m1/s1. The second-order valence-electron chi connectivity index (χ2n) is 5.30. The minimum Gasteiger partial charge on any atom is -0.394 e. The molecule has 0 saturated carbocycles. The van der Waals surface area contributed by atoms with Crippen molar-refractivity contribution in [3.8, 4) is 0 Å². The molecule has 1 amide bonds. The van der Waals surface area contributed by atoms with Crippen LogP contribution in [-0.4, -0.2) is 23.7 Å². The summed E-state index contributed by atoms with van der Waals surface area (Å²) in [5.74, 6) is -0.0613. The average molecular weight is 283 g/mol. The molecule has 0 aromatic heterocycles. The van der Waals surface area contributed by atoms with E-state index in [-0.39, 0.29) is 18.6 Å². The molecule has 0 aliphatic carbocycles. The number of carbonyl (C=O) groups excluding carboxylic acids is 1. The molecule has 0 radical (unpaired) electrons. The van der Waals surface area contributed by atoms with Crippen molar-refractivity contribution >= 4 is 5.91 Å². The second-order valence-corrected chi connectivity index (χ2v) is 5.30. The van der Waals surface area contributed by atoms with E-state index >= 15 is 0 Å². The fourth-order valence-electron chi connectivity index (χ4n) is 2.23. The van der Waals surface area contributed by atoms with Crippen LogP contribution in [0.4, 0.5) is 0 Å². The topological polar surface area (TPSA) is 49.3 Å². The molecule has 0 saturated heterocycles. The van der Waals surface area contributed by atoms with Gasteiger partial charge in [0.1, 0.15) is 0 Å². The number of benzene rings is 2. The zero-order chi connectivity index (χ0) is 15.1. The van der Waals surface area contributed by atoms with E-state index in [1.807, 2.05) is 61.5 Å². The summed E-state index contributed by atoms with van der Waals surface area (Å²) in [6.45, 7) is 1.96. The van der Waals surface area contributed by atoms with Crippen LogP contribution in [0.2, 0.25) is 0 Å². The third-order valence-electron chi connectivity index (χ3n) is 3.40. The molecule has 2 aromatic carbocycles. The molecule has 0 fully saturated rings. The monoisotopic (exact) mass is 283 g/mol. The van der Waals surface area contributed by atoms with Crippen molar-refractivity contribution in [3.05, 3.63) is 71.3 Å². The summed E-state index contributed by atoms with van der Waals surface area (Å²) in [6.07, 6.45) is 0.975. The molecular weight excluding hydrogens is 262 g/mol. The first-order valence-corrected chi connectivity index (χ1v) is 7.17. The lowest BCUT2D eigenvalue weighted by molar-refractivity contribution is -0.121. The van der Waals surface area contributed by atoms with Crippen molar-refractivity contribution in [3.63, 3.8) is 0 Å². The Balaban J connectivity index is 1.89. The zero-order valence-electron chi connectivity index (χ0n) is 12.3. The summed E-state index contributed by atoms with van der Waals surface area (Å²) < 4.78 is 0. The smallest absolute Gasteiger partial charge is 0.224 e. The van der Waals surface area contributed by atoms with E-state index in [0.717, 1.165) is 11.1 Å². The van der Waals surface area contributed by atoms with Crippen LogP contribution in [0, 0.1) is 6.92 Å². The number of hydrogen-bond acceptors (Lipinski definition) is 2. The molecule has 110 valence electrons. The summed E-state index contributed by atoms with van der Waals surface area (Å²) in [5, 5.41) is 12.3. The van der Waals surface area contributed by atoms with Crippen molar-refractivity contribution in [1.82, 2.24) is 5.32 Å². The Morgan fingerprint density at radius 1 is 1.05 bits per heavy atom. The molecule has 0 unspecified atom stereocenters. The number of amides is 1. The number of aliphatic hydroxyl groups is 1. The summed E-state index contributed by atoms with van der Waals surface area (Å²) in [4.78, 5) is 12.0. The molecule has 21 heavy (non-hydrogen) atoms. The molecule has 1 atom stereocenters. The van der Waals surface area contributed by atoms with Crippen molar-refractivity contribution in [2.75, 3.05) is 6.61 Å². The highest BCUT2D eigenvalue weighted by Gasteiger charge is 2.12. The Morgan fingerprint density at radius 2 is 1.71 bits per heavy atom. The van der Waals surface area contributed by atoms with Crippen LogP contribution in [0.25, 0.3) is 0 Å². The molecule has 3 nitrogen and oxygen atoms in total. The second kappa shape index (κ2) is 7.60. The van der Waals surface area contributed by atoms with Gasteiger partial charge in [0.05, 0.1) is 19.1 Å². The van der Waals surface area contributed by atoms with E-state index in [9.17, 15) is 9.90 Å². The fourth-order valence-corrected chi connectivity index (χ4v) is 2.23. The van der Waals surface area contributed by atoms with Crippen LogP contribution in [0.3, 0.4) is 0 Å². The Hall–Kier alpha value is -2.13. The predicted molar refractivity (Wildman–Crippen MR) is 84.0 cm³/mol. The van der Waals surface area contributed by atoms with Gasteiger partial charge in [-0.3, -0.25) is 4.79 Å². The van der Waals surface area contributed by atoms with Gasteiger partial charge >= 0.3 is 0 Å². The van der Waals surface area contributed by atoms with Crippen LogP contribution >= 0.6 is 0 Å². The van der Waals surface area contributed by atoms with Crippen LogP contribution in [0.15, 0.2) is 54.6 Å². The maximum atomic E-state index is 12.0. The van der Waals surface area contributed by atoms with Crippen molar-refractivity contribution in [2.24, 2.45) is 0 Å². The van der Waals surface area contributed by atoms with Gasteiger partial charge in [-0.15, -0.1) is 0 Å². The molecule has 3 heteroatoms. The van der Waals surface area contributed by atoms with E-state index in [4.69, 9.17) is 0 Å². The Bertz CT molecular complexity index is 564. The lowest BCUT2D eigenvalue weighted by atomic mass is 10.1. The molecule has 0 aliphatic heterocycles. The molecule has 2 N–H and O–H groups in total. The van der Waals surface area contributed by atoms with Crippen LogP contribution < -0.4 is 5.32 Å². The fraction of sp³-hybridized carbons (Fsp3) is 0.278. The number of hydrogen-bond donors (Lipinski definition) is 2. The van der Waals surface area contributed by atoms with E-state index < -0.39 is 0 Å². The zero-order valence-corrected chi connectivity index (χ0v) is 12.3. The van der Waals surface area contributed by atoms with Gasteiger partial charge < -0.3 is 10.4 Å². The SMILES string of the molecule is Cc1ccc(CC(=O)N[C@@H](CO)Cc2ccccc2)cc1. The van der Waals surface area contributed by atoms with Crippen molar-refractivity contribution in [1.29, 1.82) is 0 Å². The van der Waals surface area contributed by atoms with Gasteiger partial charge in [0, 0.05) is 0 Å². The largest absolute Gasteiger partial charge is 0.394 e. The maximum Gasteiger partial charge on any atom is 0.224 e. The van der Waals surface area contributed by atoms with Gasteiger partial charge in [-0.2, -0.15) is 0 Å². The van der Waals surface area contributed by atoms with Crippen LogP contribution in [0.1, 0.15) is 16.7 Å². The number of carbonyl (C=O) groups is 1. The van der Waals surface area contributed by atoms with Gasteiger partial charge in [-0.05, 0) is 24.5 Å². The van der Waals surface area contributed by atoms with Crippen LogP contribution in [0.5, 0.6) is 0 Å². The minimum atomic E-state index is -0.245. The first-order chi connectivity index (χ1) is 10.2. The van der Waals surface area contributed by atoms with Crippen molar-refractivity contribution in [2.45, 2.75) is 25.8 Å². The Kier molecular flexibility index (Phi) is 5.52. The minimum absolute atomic E-state index is 0.0610. The molecule has 0 aliphatic rings. The van der Waals surface area contributed by atoms with Gasteiger partial charge in [0.15, 0.2) is 0 Å². The number of aryl methyl sites for hydroxylation is 1. The van der Waals surface area contributed by atoms with Crippen molar-refractivity contribution < 1.29 is 9.90 Å². The quantitative estimate of drug-likeness (QED) is 0.854. The molecule has 0 spiro atoms. The van der Waals surface area contributed by atoms with E-state index in [0.29, 0.717) is 12.8 Å². The molecular formula is C18H21NO2. The van der Waals surface area contributed by atoms with Gasteiger partial charge in [0.2, 0.25) is 5.91 Å². The number of rotatable bonds is 6.